The van der Waals surface area contributed by atoms with Crippen molar-refractivity contribution >= 4 is 39.6 Å². The van der Waals surface area contributed by atoms with Crippen molar-refractivity contribution in [1.82, 2.24) is 20.0 Å². The molecule has 3 heterocycles. The maximum atomic E-state index is 14.3. The van der Waals surface area contributed by atoms with Crippen molar-refractivity contribution in [3.8, 4) is 17.3 Å². The fraction of sp³-hybridized carbons (Fsp3) is 0.385. The highest BCUT2D eigenvalue weighted by Crippen LogP contribution is 2.42. The van der Waals surface area contributed by atoms with E-state index in [4.69, 9.17) is 18.9 Å². The molecular weight excluding hydrogens is 628 g/mol. The maximum Gasteiger partial charge on any atom is 0.303 e. The molecule has 0 spiro atoms. The van der Waals surface area contributed by atoms with Gasteiger partial charge in [-0.1, -0.05) is 17.0 Å². The first-order chi connectivity index (χ1) is 19.5. The van der Waals surface area contributed by atoms with Crippen LogP contribution in [-0.4, -0.2) is 69.4 Å². The van der Waals surface area contributed by atoms with Gasteiger partial charge >= 0.3 is 11.9 Å². The first-order valence-electron chi connectivity index (χ1n) is 12.1. The van der Waals surface area contributed by atoms with Crippen LogP contribution in [0.5, 0.6) is 0 Å². The molecule has 4 rings (SSSR count). The summed E-state index contributed by atoms with van der Waals surface area (Å²) in [5.74, 6) is -2.73. The third-order valence-corrected chi connectivity index (χ3v) is 7.81. The van der Waals surface area contributed by atoms with E-state index in [1.165, 1.54) is 45.0 Å². The molecule has 1 fully saturated rings. The molecule has 1 aromatic carbocycles. The van der Waals surface area contributed by atoms with Gasteiger partial charge in [0.15, 0.2) is 11.8 Å². The van der Waals surface area contributed by atoms with Gasteiger partial charge in [0.05, 0.1) is 6.20 Å². The highest BCUT2D eigenvalue weighted by molar-refractivity contribution is 9.10. The van der Waals surface area contributed by atoms with Gasteiger partial charge in [-0.05, 0) is 41.1 Å². The minimum Gasteiger partial charge on any atom is -0.463 e. The van der Waals surface area contributed by atoms with Crippen LogP contribution in [0, 0.1) is 29.9 Å². The zero-order chi connectivity index (χ0) is 29.8. The van der Waals surface area contributed by atoms with E-state index in [9.17, 15) is 23.6 Å². The van der Waals surface area contributed by atoms with Crippen LogP contribution < -0.4 is 0 Å². The second-order valence-electron chi connectivity index (χ2n) is 8.99. The minimum absolute atomic E-state index is 0.133. The normalized spacial score (nSPS) is 22.1. The van der Waals surface area contributed by atoms with E-state index in [0.717, 1.165) is 23.9 Å². The number of halogens is 3. The number of carbonyl (C=O) groups excluding carboxylic acids is 2. The number of carbonyl (C=O) groups is 2. The van der Waals surface area contributed by atoms with Gasteiger partial charge in [0.25, 0.3) is 0 Å². The molecule has 0 N–H and O–H groups in total. The van der Waals surface area contributed by atoms with E-state index < -0.39 is 53.4 Å². The zero-order valence-corrected chi connectivity index (χ0v) is 24.6. The van der Waals surface area contributed by atoms with Crippen LogP contribution in [0.1, 0.15) is 31.1 Å². The molecule has 0 radical (unpaired) electrons. The van der Waals surface area contributed by atoms with Gasteiger partial charge in [0.2, 0.25) is 0 Å². The highest BCUT2D eigenvalue weighted by Gasteiger charge is 2.50. The van der Waals surface area contributed by atoms with Gasteiger partial charge in [-0.15, -0.1) is 5.10 Å². The van der Waals surface area contributed by atoms with Crippen molar-refractivity contribution in [3.63, 3.8) is 0 Å². The lowest BCUT2D eigenvalue weighted by Crippen LogP contribution is -2.57. The Labute approximate surface area is 246 Å². The lowest BCUT2D eigenvalue weighted by atomic mass is 9.96. The maximum absolute atomic E-state index is 14.3. The monoisotopic (exact) mass is 651 g/mol. The Balaban J connectivity index is 1.80. The zero-order valence-electron chi connectivity index (χ0n) is 22.2. The Bertz CT molecular complexity index is 1480. The number of ether oxygens (including phenoxy) is 4. The Kier molecular flexibility index (Phi) is 9.69. The van der Waals surface area contributed by atoms with Crippen molar-refractivity contribution in [2.24, 2.45) is 0 Å². The second kappa shape index (κ2) is 13.0. The van der Waals surface area contributed by atoms with Crippen LogP contribution in [0.2, 0.25) is 0 Å². The molecule has 1 aliphatic heterocycles. The van der Waals surface area contributed by atoms with Crippen molar-refractivity contribution in [2.45, 2.75) is 55.5 Å². The number of nitriles is 1. The largest absolute Gasteiger partial charge is 0.463 e. The average molecular weight is 652 g/mol. The third kappa shape index (κ3) is 6.89. The first-order valence-corrected chi connectivity index (χ1v) is 13.8. The molecule has 2 aromatic heterocycles. The molecule has 0 unspecified atom stereocenters. The number of thioether (sulfide) groups is 1. The number of aromatic nitrogens is 4. The molecule has 11 nitrogen and oxygen atoms in total. The Morgan fingerprint density at radius 1 is 1.20 bits per heavy atom. The topological polar surface area (TPSA) is 138 Å². The van der Waals surface area contributed by atoms with Gasteiger partial charge in [-0.25, -0.2) is 18.4 Å². The standard InChI is InChI=1S/C26H24BrF2N5O6S/c1-12-17(28)5-15(6-18(12)29)20-10-34(33-32-20)23-24(39-14(3)36)21(11-38-13(2)35)40-26(25(23)37-4)41-22-7-16(27)9-31-19(22)8-30/h5-7,9-10,21,23-26H,11H2,1-4H3/t21-,23+,24+,25-,26-/m1/s1. The first kappa shape index (κ1) is 30.5. The number of pyridine rings is 1. The van der Waals surface area contributed by atoms with E-state index in [1.54, 1.807) is 6.07 Å². The number of nitrogens with zero attached hydrogens (tertiary/aromatic N) is 5. The smallest absolute Gasteiger partial charge is 0.303 e. The molecule has 0 amide bonds. The molecule has 3 aromatic rings. The van der Waals surface area contributed by atoms with Crippen LogP contribution in [0.3, 0.4) is 0 Å². The summed E-state index contributed by atoms with van der Waals surface area (Å²) >= 11 is 4.48. The number of benzene rings is 1. The quantitative estimate of drug-likeness (QED) is 0.325. The summed E-state index contributed by atoms with van der Waals surface area (Å²) in [5, 5.41) is 17.9. The molecule has 1 aliphatic rings. The van der Waals surface area contributed by atoms with Gasteiger partial charge in [-0.2, -0.15) is 5.26 Å². The van der Waals surface area contributed by atoms with Crippen LogP contribution >= 0.6 is 27.7 Å². The Morgan fingerprint density at radius 3 is 2.51 bits per heavy atom. The fourth-order valence-corrected chi connectivity index (χ4v) is 6.02. The summed E-state index contributed by atoms with van der Waals surface area (Å²) < 4.78 is 53.5. The van der Waals surface area contributed by atoms with Gasteiger partial charge in [0, 0.05) is 47.6 Å². The fourth-order valence-electron chi connectivity index (χ4n) is 4.28. The van der Waals surface area contributed by atoms with Crippen LogP contribution in [0.4, 0.5) is 8.78 Å². The van der Waals surface area contributed by atoms with Crippen molar-refractivity contribution in [3.05, 3.63) is 58.0 Å². The molecule has 0 saturated carbocycles. The number of esters is 2. The van der Waals surface area contributed by atoms with Crippen molar-refractivity contribution < 1.29 is 37.3 Å². The summed E-state index contributed by atoms with van der Waals surface area (Å²) in [7, 11) is 1.42. The van der Waals surface area contributed by atoms with E-state index in [0.29, 0.717) is 9.37 Å². The second-order valence-corrected chi connectivity index (χ2v) is 11.0. The summed E-state index contributed by atoms with van der Waals surface area (Å²) in [6.45, 7) is 3.47. The molecule has 15 heteroatoms. The summed E-state index contributed by atoms with van der Waals surface area (Å²) in [5.41, 5.74) is -0.565. The highest BCUT2D eigenvalue weighted by atomic mass is 79.9. The van der Waals surface area contributed by atoms with Gasteiger partial charge in [-0.3, -0.25) is 9.59 Å². The van der Waals surface area contributed by atoms with Gasteiger partial charge < -0.3 is 18.9 Å². The Morgan fingerprint density at radius 2 is 1.90 bits per heavy atom. The SMILES string of the molecule is CO[C@@H]1[C@@H](n2cc(-c3cc(F)c(C)c(F)c3)nn2)[C@@H](OC(C)=O)[C@@H](COC(C)=O)O[C@@H]1Sc1cc(Br)cnc1C#N. The molecule has 5 atom stereocenters. The number of rotatable bonds is 8. The molecule has 1 saturated heterocycles. The Hall–Kier alpha value is -3.45. The lowest BCUT2D eigenvalue weighted by Gasteiger charge is -2.44. The van der Waals surface area contributed by atoms with Gasteiger partial charge in [0.1, 0.15) is 53.7 Å². The molecular formula is C26H24BrF2N5O6S. The van der Waals surface area contributed by atoms with Crippen molar-refractivity contribution in [1.29, 1.82) is 5.26 Å². The third-order valence-electron chi connectivity index (χ3n) is 6.20. The van der Waals surface area contributed by atoms with E-state index in [1.807, 2.05) is 6.07 Å². The number of methoxy groups -OCH3 is 1. The van der Waals surface area contributed by atoms with E-state index in [-0.39, 0.29) is 29.1 Å². The molecule has 0 aliphatic carbocycles. The minimum atomic E-state index is -1.09. The van der Waals surface area contributed by atoms with Crippen LogP contribution in [-0.2, 0) is 28.5 Å². The predicted molar refractivity (Wildman–Crippen MR) is 143 cm³/mol. The molecule has 216 valence electrons. The number of hydrogen-bond donors (Lipinski definition) is 0. The summed E-state index contributed by atoms with van der Waals surface area (Å²) in [4.78, 5) is 28.4. The summed E-state index contributed by atoms with van der Waals surface area (Å²) in [6, 6.07) is 5.08. The van der Waals surface area contributed by atoms with E-state index in [2.05, 4.69) is 31.2 Å². The average Bonchev–Trinajstić information content (AvgIpc) is 3.40. The summed E-state index contributed by atoms with van der Waals surface area (Å²) in [6.07, 6.45) is -0.0531. The number of hydrogen-bond acceptors (Lipinski definition) is 11. The van der Waals surface area contributed by atoms with E-state index >= 15 is 0 Å². The lowest BCUT2D eigenvalue weighted by molar-refractivity contribution is -0.208. The predicted octanol–water partition coefficient (Wildman–Crippen LogP) is 4.13. The van der Waals surface area contributed by atoms with Crippen LogP contribution in [0.15, 0.2) is 40.0 Å². The molecule has 41 heavy (non-hydrogen) atoms. The van der Waals surface area contributed by atoms with Crippen molar-refractivity contribution in [2.75, 3.05) is 13.7 Å². The van der Waals surface area contributed by atoms with Crippen LogP contribution in [0.25, 0.3) is 11.3 Å². The molecule has 0 bridgehead atoms.